The Morgan fingerprint density at radius 2 is 2.00 bits per heavy atom. The van der Waals surface area contributed by atoms with Crippen LogP contribution < -0.4 is 51.4 Å². The van der Waals surface area contributed by atoms with Crippen molar-refractivity contribution in [2.75, 3.05) is 0 Å². The Balaban J connectivity index is 0.00000225. The Hall–Kier alpha value is 0.0113. The van der Waals surface area contributed by atoms with Gasteiger partial charge in [-0.3, -0.25) is 0 Å². The summed E-state index contributed by atoms with van der Waals surface area (Å²) in [7, 11) is 0. The second kappa shape index (κ2) is 7.36. The molecular weight excluding hydrogens is 239 g/mol. The summed E-state index contributed by atoms with van der Waals surface area (Å²) in [5, 5.41) is 0. The summed E-state index contributed by atoms with van der Waals surface area (Å²) in [6, 6.07) is 6.74. The van der Waals surface area contributed by atoms with E-state index >= 15 is 0 Å². The Bertz CT molecular complexity index is 404. The van der Waals surface area contributed by atoms with E-state index in [9.17, 15) is 12.9 Å². The van der Waals surface area contributed by atoms with Gasteiger partial charge in [-0.05, 0) is 11.1 Å². The second-order valence-corrected chi connectivity index (χ2v) is 3.11. The third-order valence-electron chi connectivity index (χ3n) is 1.76. The van der Waals surface area contributed by atoms with Gasteiger partial charge in [0.1, 0.15) is 0 Å². The van der Waals surface area contributed by atoms with Crippen molar-refractivity contribution in [2.45, 2.75) is 6.42 Å². The van der Waals surface area contributed by atoms with E-state index in [1.165, 1.54) is 0 Å². The van der Waals surface area contributed by atoms with Crippen molar-refractivity contribution in [1.29, 1.82) is 0 Å². The molecule has 0 bridgehead atoms. The summed E-state index contributed by atoms with van der Waals surface area (Å²) in [4.78, 5) is 0. The molecule has 0 radical (unpaired) electrons. The number of hydrogen-bond donors (Lipinski definition) is 0. The summed E-state index contributed by atoms with van der Waals surface area (Å²) in [6.45, 7) is -4.87. The molecule has 0 N–H and O–H groups in total. The topological polar surface area (TPSA) is 0 Å². The molecule has 1 rings (SSSR count). The van der Waals surface area contributed by atoms with Crippen molar-refractivity contribution in [3.8, 4) is 12.3 Å². The fraction of sp³-hybridized carbons (Fsp3) is 0.0909. The summed E-state index contributed by atoms with van der Waals surface area (Å²) in [5.74, 6) is 2.71. The van der Waals surface area contributed by atoms with Gasteiger partial charge in [-0.15, -0.1) is 18.3 Å². The van der Waals surface area contributed by atoms with E-state index in [-0.39, 0.29) is 57.4 Å². The number of benzene rings is 1. The molecule has 1 aromatic rings. The quantitative estimate of drug-likeness (QED) is 0.532. The molecule has 1 aromatic carbocycles. The Morgan fingerprint density at radius 3 is 2.56 bits per heavy atom. The third-order valence-corrected chi connectivity index (χ3v) is 1.76. The van der Waals surface area contributed by atoms with E-state index in [0.717, 1.165) is 11.6 Å². The molecule has 0 saturated heterocycles. The minimum absolute atomic E-state index is 0. The minimum atomic E-state index is -4.87. The van der Waals surface area contributed by atoms with Crippen LogP contribution in [0.5, 0.6) is 0 Å². The van der Waals surface area contributed by atoms with Gasteiger partial charge in [0, 0.05) is 6.42 Å². The average Bonchev–Trinajstić information content (AvgIpc) is 2.15. The van der Waals surface area contributed by atoms with E-state index in [2.05, 4.69) is 5.92 Å². The molecule has 0 atom stereocenters. The minimum Gasteiger partial charge on any atom is -0.445 e. The van der Waals surface area contributed by atoms with Crippen molar-refractivity contribution >= 4 is 13.1 Å². The first-order chi connectivity index (χ1) is 7.01. The molecule has 0 aromatic heterocycles. The maximum Gasteiger partial charge on any atom is 1.00 e. The van der Waals surface area contributed by atoms with Gasteiger partial charge in [0.25, 0.3) is 0 Å². The number of rotatable bonds is 3. The number of halogens is 3. The van der Waals surface area contributed by atoms with E-state index in [1.54, 1.807) is 24.3 Å². The zero-order valence-electron chi connectivity index (χ0n) is 8.96. The summed E-state index contributed by atoms with van der Waals surface area (Å²) in [5.41, 5.74) is 1.36. The van der Waals surface area contributed by atoms with Gasteiger partial charge in [-0.1, -0.05) is 30.3 Å². The standard InChI is InChI=1S/C11H9BF3.K/c1-2-4-10-5-3-6-11(9-10)7-8-12(13,14)15;/h1,3,5-9H,4H2;/q-1;+1/b8-7+;. The van der Waals surface area contributed by atoms with Gasteiger partial charge in [0.15, 0.2) is 0 Å². The van der Waals surface area contributed by atoms with Crippen molar-refractivity contribution in [3.63, 3.8) is 0 Å². The van der Waals surface area contributed by atoms with Crippen LogP contribution in [0, 0.1) is 12.3 Å². The zero-order valence-corrected chi connectivity index (χ0v) is 12.1. The van der Waals surface area contributed by atoms with E-state index in [0.29, 0.717) is 12.0 Å². The molecule has 0 fully saturated rings. The maximum atomic E-state index is 11.9. The summed E-state index contributed by atoms with van der Waals surface area (Å²) in [6.07, 6.45) is 6.59. The SMILES string of the molecule is C#CCc1cccc(/C=C/[B-](F)(F)F)c1.[K+]. The number of terminal acetylenes is 1. The predicted octanol–water partition coefficient (Wildman–Crippen LogP) is 0.266. The fourth-order valence-electron chi connectivity index (χ4n) is 1.14. The van der Waals surface area contributed by atoms with Crippen LogP contribution in [-0.4, -0.2) is 6.98 Å². The summed E-state index contributed by atoms with van der Waals surface area (Å²) >= 11 is 0. The zero-order chi connectivity index (χ0) is 11.3. The van der Waals surface area contributed by atoms with Gasteiger partial charge in [0.05, 0.1) is 0 Å². The van der Waals surface area contributed by atoms with Crippen LogP contribution >= 0.6 is 0 Å². The molecule has 5 heteroatoms. The van der Waals surface area contributed by atoms with Crippen molar-refractivity contribution in [3.05, 3.63) is 41.4 Å². The molecule has 0 nitrogen and oxygen atoms in total. The molecule has 0 aliphatic rings. The fourth-order valence-corrected chi connectivity index (χ4v) is 1.14. The third kappa shape index (κ3) is 6.56. The van der Waals surface area contributed by atoms with Crippen LogP contribution in [0.2, 0.25) is 0 Å². The molecule has 0 amide bonds. The Kier molecular flexibility index (Phi) is 7.36. The van der Waals surface area contributed by atoms with Crippen LogP contribution in [0.15, 0.2) is 30.2 Å². The average molecular weight is 248 g/mol. The predicted molar refractivity (Wildman–Crippen MR) is 57.1 cm³/mol. The van der Waals surface area contributed by atoms with Crippen LogP contribution in [-0.2, 0) is 6.42 Å². The number of hydrogen-bond acceptors (Lipinski definition) is 0. The Labute approximate surface area is 136 Å². The maximum absolute atomic E-state index is 11.9. The van der Waals surface area contributed by atoms with Crippen molar-refractivity contribution in [1.82, 2.24) is 0 Å². The van der Waals surface area contributed by atoms with Gasteiger partial charge in [-0.2, -0.15) is 0 Å². The Morgan fingerprint density at radius 1 is 1.31 bits per heavy atom. The van der Waals surface area contributed by atoms with E-state index in [1.807, 2.05) is 0 Å². The molecule has 0 saturated carbocycles. The van der Waals surface area contributed by atoms with Gasteiger partial charge in [0.2, 0.25) is 0 Å². The molecule has 16 heavy (non-hydrogen) atoms. The summed E-state index contributed by atoms with van der Waals surface area (Å²) < 4.78 is 35.8. The van der Waals surface area contributed by atoms with E-state index in [4.69, 9.17) is 6.42 Å². The smallest absolute Gasteiger partial charge is 0.445 e. The normalized spacial score (nSPS) is 10.9. The molecule has 78 valence electrons. The van der Waals surface area contributed by atoms with Crippen LogP contribution in [0.4, 0.5) is 12.9 Å². The van der Waals surface area contributed by atoms with Crippen molar-refractivity contribution < 1.29 is 64.3 Å². The van der Waals surface area contributed by atoms with E-state index < -0.39 is 6.98 Å². The second-order valence-electron chi connectivity index (χ2n) is 3.11. The molecule has 0 unspecified atom stereocenters. The molecule has 0 aliphatic carbocycles. The van der Waals surface area contributed by atoms with Gasteiger partial charge >= 0.3 is 58.4 Å². The van der Waals surface area contributed by atoms with Crippen LogP contribution in [0.1, 0.15) is 11.1 Å². The first-order valence-corrected chi connectivity index (χ1v) is 4.43. The molecule has 0 heterocycles. The van der Waals surface area contributed by atoms with Crippen molar-refractivity contribution in [2.24, 2.45) is 0 Å². The van der Waals surface area contributed by atoms with Crippen LogP contribution in [0.3, 0.4) is 0 Å². The van der Waals surface area contributed by atoms with Crippen LogP contribution in [0.25, 0.3) is 6.08 Å². The molecule has 0 spiro atoms. The molecular formula is C11H9BF3K. The first-order valence-electron chi connectivity index (χ1n) is 4.43. The first kappa shape index (κ1) is 16.0. The van der Waals surface area contributed by atoms with Gasteiger partial charge in [-0.25, -0.2) is 0 Å². The largest absolute Gasteiger partial charge is 1.00 e. The van der Waals surface area contributed by atoms with Gasteiger partial charge < -0.3 is 12.9 Å². The molecule has 0 aliphatic heterocycles. The monoisotopic (exact) mass is 248 g/mol.